The van der Waals surface area contributed by atoms with Gasteiger partial charge in [0.1, 0.15) is 12.4 Å². The van der Waals surface area contributed by atoms with Crippen LogP contribution in [0.1, 0.15) is 36.8 Å². The topological polar surface area (TPSA) is 70.8 Å². The first-order valence-electron chi connectivity index (χ1n) is 10.3. The SMILES string of the molecule is COC(=O)[C@@]1(COCCCc2cccc(OCc3ccccc3)c2)CC[C@H](N)C1. The van der Waals surface area contributed by atoms with Gasteiger partial charge in [-0.15, -0.1) is 0 Å². The molecule has 2 aromatic carbocycles. The predicted octanol–water partition coefficient (Wildman–Crippen LogP) is 3.89. The summed E-state index contributed by atoms with van der Waals surface area (Å²) in [6.45, 7) is 1.54. The number of rotatable bonds is 10. The highest BCUT2D eigenvalue weighted by Crippen LogP contribution is 2.39. The second kappa shape index (κ2) is 10.4. The molecule has 156 valence electrons. The first-order valence-corrected chi connectivity index (χ1v) is 10.3. The van der Waals surface area contributed by atoms with Crippen molar-refractivity contribution in [2.24, 2.45) is 11.1 Å². The minimum atomic E-state index is -0.570. The smallest absolute Gasteiger partial charge is 0.314 e. The van der Waals surface area contributed by atoms with E-state index in [4.69, 9.17) is 19.9 Å². The minimum Gasteiger partial charge on any atom is -0.489 e. The number of aryl methyl sites for hydroxylation is 1. The molecule has 5 nitrogen and oxygen atoms in total. The van der Waals surface area contributed by atoms with Crippen LogP contribution >= 0.6 is 0 Å². The third-order valence-corrected chi connectivity index (χ3v) is 5.54. The van der Waals surface area contributed by atoms with E-state index in [1.54, 1.807) is 0 Å². The lowest BCUT2D eigenvalue weighted by Gasteiger charge is -2.25. The number of methoxy groups -OCH3 is 1. The molecule has 0 heterocycles. The fourth-order valence-electron chi connectivity index (χ4n) is 3.94. The van der Waals surface area contributed by atoms with Gasteiger partial charge in [0.2, 0.25) is 0 Å². The Labute approximate surface area is 173 Å². The van der Waals surface area contributed by atoms with Gasteiger partial charge in [-0.3, -0.25) is 4.79 Å². The van der Waals surface area contributed by atoms with Crippen molar-refractivity contribution in [3.63, 3.8) is 0 Å². The molecule has 1 aliphatic rings. The van der Waals surface area contributed by atoms with Crippen LogP contribution in [-0.2, 0) is 27.3 Å². The van der Waals surface area contributed by atoms with Gasteiger partial charge >= 0.3 is 5.97 Å². The molecule has 0 radical (unpaired) electrons. The van der Waals surface area contributed by atoms with E-state index in [0.717, 1.165) is 37.0 Å². The van der Waals surface area contributed by atoms with Crippen molar-refractivity contribution in [3.05, 3.63) is 65.7 Å². The predicted molar refractivity (Wildman–Crippen MR) is 113 cm³/mol. The molecule has 2 aromatic rings. The molecule has 0 unspecified atom stereocenters. The van der Waals surface area contributed by atoms with Gasteiger partial charge in [0, 0.05) is 12.6 Å². The van der Waals surface area contributed by atoms with Crippen LogP contribution in [-0.4, -0.2) is 32.3 Å². The Balaban J connectivity index is 1.42. The first kappa shape index (κ1) is 21.3. The lowest BCUT2D eigenvalue weighted by molar-refractivity contribution is -0.156. The van der Waals surface area contributed by atoms with Crippen LogP contribution in [0.4, 0.5) is 0 Å². The van der Waals surface area contributed by atoms with Crippen molar-refractivity contribution in [2.75, 3.05) is 20.3 Å². The summed E-state index contributed by atoms with van der Waals surface area (Å²) in [5.41, 5.74) is 7.80. The second-order valence-corrected chi connectivity index (χ2v) is 7.85. The molecule has 0 amide bonds. The zero-order valence-corrected chi connectivity index (χ0v) is 17.1. The van der Waals surface area contributed by atoms with E-state index in [-0.39, 0.29) is 12.0 Å². The lowest BCUT2D eigenvalue weighted by Crippen LogP contribution is -2.36. The molecule has 2 atom stereocenters. The van der Waals surface area contributed by atoms with Gasteiger partial charge < -0.3 is 19.9 Å². The Morgan fingerprint density at radius 2 is 1.93 bits per heavy atom. The number of hydrogen-bond acceptors (Lipinski definition) is 5. The van der Waals surface area contributed by atoms with Crippen molar-refractivity contribution in [1.29, 1.82) is 0 Å². The zero-order valence-electron chi connectivity index (χ0n) is 17.1. The van der Waals surface area contributed by atoms with Gasteiger partial charge in [-0.2, -0.15) is 0 Å². The Kier molecular flexibility index (Phi) is 7.67. The Bertz CT molecular complexity index is 779. The largest absolute Gasteiger partial charge is 0.489 e. The minimum absolute atomic E-state index is 0.0522. The fourth-order valence-corrected chi connectivity index (χ4v) is 3.94. The molecule has 0 aromatic heterocycles. The molecule has 0 bridgehead atoms. The Morgan fingerprint density at radius 3 is 2.66 bits per heavy atom. The number of ether oxygens (including phenoxy) is 3. The average molecular weight is 398 g/mol. The number of carbonyl (C=O) groups is 1. The molecule has 1 saturated carbocycles. The standard InChI is InChI=1S/C24H31NO4/c1-27-23(26)24(13-12-21(25)16-24)18-28-14-6-10-19-9-5-11-22(15-19)29-17-20-7-3-2-4-8-20/h2-5,7-9,11,15,21H,6,10,12-14,16-18,25H2,1H3/t21-,24-/m0/s1. The van der Waals surface area contributed by atoms with Gasteiger partial charge in [0.25, 0.3) is 0 Å². The van der Waals surface area contributed by atoms with Gasteiger partial charge in [0.15, 0.2) is 0 Å². The Hall–Kier alpha value is -2.37. The molecule has 0 spiro atoms. The summed E-state index contributed by atoms with van der Waals surface area (Å²) in [5.74, 6) is 0.672. The van der Waals surface area contributed by atoms with Crippen LogP contribution in [0.2, 0.25) is 0 Å². The third kappa shape index (κ3) is 6.05. The van der Waals surface area contributed by atoms with Crippen molar-refractivity contribution < 1.29 is 19.0 Å². The molecule has 29 heavy (non-hydrogen) atoms. The van der Waals surface area contributed by atoms with E-state index in [1.807, 2.05) is 30.3 Å². The van der Waals surface area contributed by atoms with Gasteiger partial charge in [0.05, 0.1) is 19.1 Å². The molecule has 0 aliphatic heterocycles. The van der Waals surface area contributed by atoms with Gasteiger partial charge in [-0.25, -0.2) is 0 Å². The summed E-state index contributed by atoms with van der Waals surface area (Å²) < 4.78 is 16.7. The van der Waals surface area contributed by atoms with E-state index in [1.165, 1.54) is 12.7 Å². The van der Waals surface area contributed by atoms with Gasteiger partial charge in [-0.05, 0) is 55.4 Å². The molecule has 2 N–H and O–H groups in total. The summed E-state index contributed by atoms with van der Waals surface area (Å²) in [5, 5.41) is 0. The van der Waals surface area contributed by atoms with E-state index in [2.05, 4.69) is 24.3 Å². The molecular formula is C24H31NO4. The first-order chi connectivity index (χ1) is 14.1. The second-order valence-electron chi connectivity index (χ2n) is 7.85. The molecular weight excluding hydrogens is 366 g/mol. The van der Waals surface area contributed by atoms with Crippen LogP contribution < -0.4 is 10.5 Å². The monoisotopic (exact) mass is 397 g/mol. The van der Waals surface area contributed by atoms with Crippen molar-refractivity contribution in [2.45, 2.75) is 44.8 Å². The average Bonchev–Trinajstić information content (AvgIpc) is 3.14. The fraction of sp³-hybridized carbons (Fsp3) is 0.458. The molecule has 1 fully saturated rings. The number of nitrogens with two attached hydrogens (primary N) is 1. The normalized spacial score (nSPS) is 21.1. The van der Waals surface area contributed by atoms with E-state index < -0.39 is 5.41 Å². The maximum Gasteiger partial charge on any atom is 0.314 e. The number of hydrogen-bond donors (Lipinski definition) is 1. The highest BCUT2D eigenvalue weighted by molar-refractivity contribution is 5.77. The summed E-state index contributed by atoms with van der Waals surface area (Å²) in [4.78, 5) is 12.2. The number of esters is 1. The quantitative estimate of drug-likeness (QED) is 0.487. The number of carbonyl (C=O) groups excluding carboxylic acids is 1. The summed E-state index contributed by atoms with van der Waals surface area (Å²) >= 11 is 0. The molecule has 1 aliphatic carbocycles. The van der Waals surface area contributed by atoms with Crippen LogP contribution in [0.5, 0.6) is 5.75 Å². The summed E-state index contributed by atoms with van der Waals surface area (Å²) in [6.07, 6.45) is 4.00. The molecule has 5 heteroatoms. The van der Waals surface area contributed by atoms with Crippen molar-refractivity contribution in [1.82, 2.24) is 0 Å². The van der Waals surface area contributed by atoms with Gasteiger partial charge in [-0.1, -0.05) is 42.5 Å². The zero-order chi connectivity index (χ0) is 20.5. The third-order valence-electron chi connectivity index (χ3n) is 5.54. The van der Waals surface area contributed by atoms with Crippen LogP contribution in [0, 0.1) is 5.41 Å². The molecule has 0 saturated heterocycles. The van der Waals surface area contributed by atoms with Crippen LogP contribution in [0.3, 0.4) is 0 Å². The summed E-state index contributed by atoms with van der Waals surface area (Å²) in [7, 11) is 1.43. The highest BCUT2D eigenvalue weighted by Gasteiger charge is 2.45. The summed E-state index contributed by atoms with van der Waals surface area (Å²) in [6, 6.07) is 18.4. The van der Waals surface area contributed by atoms with Crippen molar-refractivity contribution in [3.8, 4) is 5.75 Å². The molecule has 3 rings (SSSR count). The van der Waals surface area contributed by atoms with Crippen LogP contribution in [0.25, 0.3) is 0 Å². The van der Waals surface area contributed by atoms with E-state index >= 15 is 0 Å². The van der Waals surface area contributed by atoms with Crippen molar-refractivity contribution >= 4 is 5.97 Å². The Morgan fingerprint density at radius 1 is 1.14 bits per heavy atom. The van der Waals surface area contributed by atoms with E-state index in [0.29, 0.717) is 26.2 Å². The van der Waals surface area contributed by atoms with E-state index in [9.17, 15) is 4.79 Å². The van der Waals surface area contributed by atoms with Crippen LogP contribution in [0.15, 0.2) is 54.6 Å². The maximum atomic E-state index is 12.2. The lowest BCUT2D eigenvalue weighted by atomic mass is 9.87. The number of benzene rings is 2. The maximum absolute atomic E-state index is 12.2. The highest BCUT2D eigenvalue weighted by atomic mass is 16.5.